The van der Waals surface area contributed by atoms with Crippen LogP contribution in [0.1, 0.15) is 68.9 Å². The Bertz CT molecular complexity index is 2170. The van der Waals surface area contributed by atoms with Crippen molar-refractivity contribution in [3.05, 3.63) is 59.4 Å². The highest BCUT2D eigenvalue weighted by Gasteiger charge is 2.40. The van der Waals surface area contributed by atoms with E-state index in [0.717, 1.165) is 12.1 Å². The van der Waals surface area contributed by atoms with Crippen LogP contribution in [0, 0.1) is 17.7 Å². The van der Waals surface area contributed by atoms with Crippen LogP contribution in [-0.4, -0.2) is 109 Å². The number of carbonyl (C=O) groups excluding carboxylic acids is 2. The summed E-state index contributed by atoms with van der Waals surface area (Å²) >= 11 is 0. The van der Waals surface area contributed by atoms with Gasteiger partial charge in [0.2, 0.25) is 23.7 Å². The monoisotopic (exact) mass is 853 g/mol. The third kappa shape index (κ3) is 9.90. The van der Waals surface area contributed by atoms with E-state index in [9.17, 15) is 36.3 Å². The first-order chi connectivity index (χ1) is 27.8. The summed E-state index contributed by atoms with van der Waals surface area (Å²) in [5.41, 5.74) is -1.88. The molecule has 4 aliphatic rings. The van der Waals surface area contributed by atoms with Gasteiger partial charge < -0.3 is 25.1 Å². The molecule has 1 unspecified atom stereocenters. The number of benzene rings is 1. The number of sulfonamides is 1. The first-order valence-corrected chi connectivity index (χ1v) is 21.0. The van der Waals surface area contributed by atoms with Crippen molar-refractivity contribution in [1.82, 2.24) is 29.9 Å². The molecule has 0 bridgehead atoms. The van der Waals surface area contributed by atoms with Crippen molar-refractivity contribution in [3.63, 3.8) is 0 Å². The van der Waals surface area contributed by atoms with Gasteiger partial charge in [-0.3, -0.25) is 14.9 Å². The number of hydrogen-bond donors (Lipinski definition) is 4. The fourth-order valence-corrected chi connectivity index (χ4v) is 9.54. The third-order valence-electron chi connectivity index (χ3n) is 11.4. The summed E-state index contributed by atoms with van der Waals surface area (Å²) in [5.74, 6) is -3.86. The third-order valence-corrected chi connectivity index (χ3v) is 12.8. The van der Waals surface area contributed by atoms with Gasteiger partial charge in [0, 0.05) is 51.9 Å². The van der Waals surface area contributed by atoms with Crippen LogP contribution in [0.4, 0.5) is 49.5 Å². The number of amides is 2. The summed E-state index contributed by atoms with van der Waals surface area (Å²) in [6.07, 6.45) is -2.99. The summed E-state index contributed by atoms with van der Waals surface area (Å²) in [7, 11) is -4.50. The van der Waals surface area contributed by atoms with Crippen molar-refractivity contribution in [2.24, 2.45) is 5.92 Å². The molecule has 320 valence electrons. The number of pyridine rings is 1. The second-order valence-corrected chi connectivity index (χ2v) is 17.7. The van der Waals surface area contributed by atoms with E-state index in [1.54, 1.807) is 12.1 Å². The van der Waals surface area contributed by atoms with Crippen LogP contribution in [0.3, 0.4) is 0 Å². The molecule has 4 fully saturated rings. The molecule has 0 spiro atoms. The topological polar surface area (TPSA) is 173 Å². The number of piperidine rings is 4. The Labute approximate surface area is 336 Å². The Morgan fingerprint density at radius 2 is 1.76 bits per heavy atom. The van der Waals surface area contributed by atoms with Gasteiger partial charge in [0.15, 0.2) is 5.03 Å². The van der Waals surface area contributed by atoms with E-state index in [1.165, 1.54) is 17.9 Å². The quantitative estimate of drug-likeness (QED) is 0.129. The van der Waals surface area contributed by atoms with E-state index in [0.29, 0.717) is 75.7 Å². The van der Waals surface area contributed by atoms with Crippen molar-refractivity contribution >= 4 is 45.0 Å². The minimum atomic E-state index is -4.82. The van der Waals surface area contributed by atoms with Gasteiger partial charge in [-0.1, -0.05) is 6.07 Å². The van der Waals surface area contributed by atoms with E-state index < -0.39 is 85.6 Å². The van der Waals surface area contributed by atoms with Gasteiger partial charge in [-0.2, -0.15) is 22.5 Å². The molecule has 0 radical (unpaired) electrons. The standard InChI is InChI=1S/C38H45F6N9O5S/c1-37(56)12-2-13-53(21-37)34-25(38(42,43)44)18-45-36(49-34)46-29-5-8-32(48-33(29)41)59(57,58)50-28-11-14-51(20-27(28)40)19-22-9-15-52(16-10-22)30-6-3-23(17-26(30)39)24-4-7-31(54)47-35(24)55/h3,5-6,8,17-18,22,24,27-28,50,56H,2,4,7,9-16,19-21H2,1H3,(H,45,46,49)(H,47,54,55)/t24?,27-,28+,37-/m0/s1. The second-order valence-electron chi connectivity index (χ2n) is 16.0. The Hall–Kier alpha value is -4.60. The number of nitrogens with zero attached hydrogens (tertiary/aromatic N) is 6. The number of nitrogens with one attached hydrogen (secondary N) is 3. The average Bonchev–Trinajstić information content (AvgIpc) is 3.16. The minimum Gasteiger partial charge on any atom is -0.388 e. The van der Waals surface area contributed by atoms with E-state index in [4.69, 9.17) is 0 Å². The molecular formula is C38H45F6N9O5S. The lowest BCUT2D eigenvalue weighted by Crippen LogP contribution is -2.53. The van der Waals surface area contributed by atoms with Crippen LogP contribution in [0.15, 0.2) is 41.6 Å². The molecule has 4 aliphatic heterocycles. The van der Waals surface area contributed by atoms with Crippen molar-refractivity contribution in [1.29, 1.82) is 0 Å². The molecule has 0 aliphatic carbocycles. The molecule has 0 saturated carbocycles. The molecular weight excluding hydrogens is 809 g/mol. The largest absolute Gasteiger partial charge is 0.421 e. The van der Waals surface area contributed by atoms with Gasteiger partial charge in [0.25, 0.3) is 10.0 Å². The van der Waals surface area contributed by atoms with Crippen LogP contribution in [0.25, 0.3) is 0 Å². The molecule has 1 aromatic carbocycles. The lowest BCUT2D eigenvalue weighted by molar-refractivity contribution is -0.138. The zero-order valence-corrected chi connectivity index (χ0v) is 32.9. The molecule has 6 heterocycles. The molecule has 21 heteroatoms. The number of hydrogen-bond acceptors (Lipinski definition) is 12. The molecule has 2 amide bonds. The predicted molar refractivity (Wildman–Crippen MR) is 203 cm³/mol. The molecule has 3 aromatic rings. The number of halogens is 6. The van der Waals surface area contributed by atoms with Crippen LogP contribution in [0.5, 0.6) is 0 Å². The van der Waals surface area contributed by atoms with E-state index in [-0.39, 0.29) is 44.3 Å². The number of rotatable bonds is 10. The lowest BCUT2D eigenvalue weighted by atomic mass is 9.90. The number of anilines is 4. The zero-order valence-electron chi connectivity index (χ0n) is 32.1. The van der Waals surface area contributed by atoms with Gasteiger partial charge in [-0.25, -0.2) is 31.9 Å². The fraction of sp³-hybridized carbons (Fsp3) is 0.553. The van der Waals surface area contributed by atoms with Crippen molar-refractivity contribution in [2.75, 3.05) is 60.9 Å². The number of aromatic nitrogens is 3. The van der Waals surface area contributed by atoms with E-state index >= 15 is 13.2 Å². The first kappa shape index (κ1) is 42.5. The van der Waals surface area contributed by atoms with E-state index in [1.807, 2.05) is 9.80 Å². The van der Waals surface area contributed by atoms with Crippen molar-refractivity contribution in [3.8, 4) is 0 Å². The molecule has 4 N–H and O–H groups in total. The smallest absolute Gasteiger partial charge is 0.388 e. The van der Waals surface area contributed by atoms with Crippen molar-refractivity contribution < 1.29 is 49.5 Å². The molecule has 4 atom stereocenters. The van der Waals surface area contributed by atoms with Gasteiger partial charge in [0.1, 0.15) is 23.4 Å². The fourth-order valence-electron chi connectivity index (χ4n) is 8.31. The summed E-state index contributed by atoms with van der Waals surface area (Å²) in [6, 6.07) is 5.58. The number of imide groups is 1. The average molecular weight is 854 g/mol. The summed E-state index contributed by atoms with van der Waals surface area (Å²) < 4.78 is 116. The highest BCUT2D eigenvalue weighted by atomic mass is 32.2. The maximum Gasteiger partial charge on any atom is 0.421 e. The maximum absolute atomic E-state index is 15.5. The molecule has 14 nitrogen and oxygen atoms in total. The number of alkyl halides is 4. The highest BCUT2D eigenvalue weighted by Crippen LogP contribution is 2.38. The number of likely N-dealkylation sites (tertiary alicyclic amines) is 1. The minimum absolute atomic E-state index is 0.0431. The zero-order chi connectivity index (χ0) is 42.3. The van der Waals surface area contributed by atoms with Gasteiger partial charge in [0.05, 0.1) is 28.9 Å². The number of β-amino-alcohol motifs (C(OH)–C–C–N with tert-alkyl or cyclic N) is 1. The number of aliphatic hydroxyl groups is 1. The SMILES string of the molecule is C[C@]1(O)CCCN(c2nc(Nc3ccc(S(=O)(=O)N[C@@H]4CCN(CC5CCN(c6ccc(C7CCC(=O)NC7=O)cc6F)CC5)C[C@@H]4F)nc3F)ncc2C(F)(F)F)C1. The number of carbonyl (C=O) groups is 2. The van der Waals surface area contributed by atoms with Gasteiger partial charge >= 0.3 is 6.18 Å². The summed E-state index contributed by atoms with van der Waals surface area (Å²) in [6.45, 7) is 3.60. The molecule has 7 rings (SSSR count). The van der Waals surface area contributed by atoms with Gasteiger partial charge in [-0.15, -0.1) is 0 Å². The first-order valence-electron chi connectivity index (χ1n) is 19.5. The molecule has 59 heavy (non-hydrogen) atoms. The normalized spacial score (nSPS) is 25.3. The predicted octanol–water partition coefficient (Wildman–Crippen LogP) is 4.39. The maximum atomic E-state index is 15.5. The Balaban J connectivity index is 0.910. The lowest BCUT2D eigenvalue weighted by Gasteiger charge is -2.39. The van der Waals surface area contributed by atoms with Crippen LogP contribution in [0.2, 0.25) is 0 Å². The Morgan fingerprint density at radius 1 is 1.00 bits per heavy atom. The molecule has 4 saturated heterocycles. The second kappa shape index (κ2) is 16.8. The Morgan fingerprint density at radius 3 is 2.42 bits per heavy atom. The van der Waals surface area contributed by atoms with Gasteiger partial charge in [-0.05, 0) is 87.7 Å². The summed E-state index contributed by atoms with van der Waals surface area (Å²) in [4.78, 5) is 40.0. The van der Waals surface area contributed by atoms with E-state index in [2.05, 4.69) is 30.3 Å². The molecule has 2 aromatic heterocycles. The Kier molecular flexibility index (Phi) is 12.1. The highest BCUT2D eigenvalue weighted by molar-refractivity contribution is 7.89. The van der Waals surface area contributed by atoms with Crippen LogP contribution in [-0.2, 0) is 25.8 Å². The summed E-state index contributed by atoms with van der Waals surface area (Å²) in [5, 5.41) is 14.5. The van der Waals surface area contributed by atoms with Crippen molar-refractivity contribution in [2.45, 2.75) is 86.8 Å². The van der Waals surface area contributed by atoms with Crippen LogP contribution >= 0.6 is 0 Å². The van der Waals surface area contributed by atoms with Crippen LogP contribution < -0.4 is 25.2 Å².